The first-order chi connectivity index (χ1) is 8.09. The molecule has 1 aliphatic rings. The molecule has 1 N–H and O–H groups in total. The number of carbonyl (C=O) groups is 1. The van der Waals surface area contributed by atoms with Gasteiger partial charge in [-0.25, -0.2) is 4.98 Å². The third kappa shape index (κ3) is 1.44. The maximum atomic E-state index is 11.8. The topological polar surface area (TPSA) is 67.8 Å². The van der Waals surface area contributed by atoms with Gasteiger partial charge in [0, 0.05) is 0 Å². The molecule has 0 unspecified atom stereocenters. The van der Waals surface area contributed by atoms with E-state index in [1.54, 1.807) is 11.7 Å². The lowest BCUT2D eigenvalue weighted by Gasteiger charge is -2.14. The molecule has 0 saturated heterocycles. The first-order valence-electron chi connectivity index (χ1n) is 5.18. The Bertz CT molecular complexity index is 592. The SMILES string of the molecule is CC1(C)C(=O)Nc2cnc(-c3ncsn3)cc21. The molecule has 0 aromatic carbocycles. The maximum Gasteiger partial charge on any atom is 0.234 e. The number of rotatable bonds is 1. The van der Waals surface area contributed by atoms with E-state index >= 15 is 0 Å². The number of nitrogens with one attached hydrogen (secondary N) is 1. The van der Waals surface area contributed by atoms with E-state index in [-0.39, 0.29) is 5.91 Å². The van der Waals surface area contributed by atoms with Crippen LogP contribution in [0.2, 0.25) is 0 Å². The van der Waals surface area contributed by atoms with Crippen LogP contribution < -0.4 is 5.32 Å². The van der Waals surface area contributed by atoms with E-state index in [4.69, 9.17) is 0 Å². The number of nitrogens with zero attached hydrogens (tertiary/aromatic N) is 3. The van der Waals surface area contributed by atoms with Crippen molar-refractivity contribution < 1.29 is 4.79 Å². The number of hydrogen-bond donors (Lipinski definition) is 1. The van der Waals surface area contributed by atoms with Crippen molar-refractivity contribution in [1.82, 2.24) is 14.3 Å². The van der Waals surface area contributed by atoms with Crippen LogP contribution in [0.25, 0.3) is 11.5 Å². The van der Waals surface area contributed by atoms with E-state index < -0.39 is 5.41 Å². The lowest BCUT2D eigenvalue weighted by atomic mass is 9.86. The zero-order valence-corrected chi connectivity index (χ0v) is 10.2. The summed E-state index contributed by atoms with van der Waals surface area (Å²) in [6.07, 6.45) is 1.67. The molecule has 1 amide bonds. The van der Waals surface area contributed by atoms with E-state index in [2.05, 4.69) is 19.7 Å². The number of anilines is 1. The minimum absolute atomic E-state index is 0.00214. The zero-order valence-electron chi connectivity index (χ0n) is 9.39. The van der Waals surface area contributed by atoms with Gasteiger partial charge in [0.25, 0.3) is 0 Å². The summed E-state index contributed by atoms with van der Waals surface area (Å²) in [6, 6.07) is 1.88. The molecule has 0 fully saturated rings. The van der Waals surface area contributed by atoms with Gasteiger partial charge in [-0.3, -0.25) is 9.78 Å². The number of carbonyl (C=O) groups excluding carboxylic acids is 1. The summed E-state index contributed by atoms with van der Waals surface area (Å²) >= 11 is 1.28. The third-order valence-corrected chi connectivity index (χ3v) is 3.46. The molecule has 1 aliphatic heterocycles. The Kier molecular flexibility index (Phi) is 2.03. The summed E-state index contributed by atoms with van der Waals surface area (Å²) in [4.78, 5) is 20.2. The van der Waals surface area contributed by atoms with Gasteiger partial charge in [-0.15, -0.1) is 0 Å². The van der Waals surface area contributed by atoms with Gasteiger partial charge in [-0.1, -0.05) is 0 Å². The molecule has 6 heteroatoms. The van der Waals surface area contributed by atoms with Gasteiger partial charge < -0.3 is 5.32 Å². The lowest BCUT2D eigenvalue weighted by Crippen LogP contribution is -2.26. The van der Waals surface area contributed by atoms with Gasteiger partial charge in [0.05, 0.1) is 17.3 Å². The van der Waals surface area contributed by atoms with Crippen LogP contribution >= 0.6 is 11.5 Å². The molecule has 17 heavy (non-hydrogen) atoms. The van der Waals surface area contributed by atoms with E-state index in [0.29, 0.717) is 11.5 Å². The first-order valence-corrected chi connectivity index (χ1v) is 6.01. The molecule has 0 saturated carbocycles. The number of aromatic nitrogens is 3. The highest BCUT2D eigenvalue weighted by Crippen LogP contribution is 2.38. The second-order valence-electron chi connectivity index (χ2n) is 4.45. The highest BCUT2D eigenvalue weighted by atomic mass is 32.1. The minimum Gasteiger partial charge on any atom is -0.324 e. The fourth-order valence-corrected chi connectivity index (χ4v) is 2.31. The fraction of sp³-hybridized carbons (Fsp3) is 0.273. The Labute approximate surface area is 102 Å². The smallest absolute Gasteiger partial charge is 0.234 e. The molecule has 3 heterocycles. The van der Waals surface area contributed by atoms with Crippen LogP contribution in [-0.4, -0.2) is 20.2 Å². The van der Waals surface area contributed by atoms with Gasteiger partial charge in [0.1, 0.15) is 11.2 Å². The molecule has 0 aliphatic carbocycles. The predicted molar refractivity (Wildman–Crippen MR) is 64.8 cm³/mol. The molecular formula is C11H10N4OS. The van der Waals surface area contributed by atoms with Crippen molar-refractivity contribution in [3.8, 4) is 11.5 Å². The van der Waals surface area contributed by atoms with Gasteiger partial charge >= 0.3 is 0 Å². The molecule has 2 aromatic heterocycles. The number of pyridine rings is 1. The minimum atomic E-state index is -0.525. The molecule has 3 rings (SSSR count). The Morgan fingerprint density at radius 3 is 2.88 bits per heavy atom. The van der Waals surface area contributed by atoms with Crippen molar-refractivity contribution >= 4 is 23.1 Å². The Morgan fingerprint density at radius 1 is 1.35 bits per heavy atom. The van der Waals surface area contributed by atoms with Crippen molar-refractivity contribution in [3.63, 3.8) is 0 Å². The zero-order chi connectivity index (χ0) is 12.0. The molecule has 0 atom stereocenters. The standard InChI is InChI=1S/C11H10N4OS/c1-11(2)6-3-7(9-13-5-17-15-9)12-4-8(6)14-10(11)16/h3-5H,1-2H3,(H,14,16). The molecule has 0 radical (unpaired) electrons. The van der Waals surface area contributed by atoms with Crippen molar-refractivity contribution in [3.05, 3.63) is 23.3 Å². The second kappa shape index (κ2) is 3.33. The predicted octanol–water partition coefficient (Wildman–Crippen LogP) is 1.83. The largest absolute Gasteiger partial charge is 0.324 e. The van der Waals surface area contributed by atoms with E-state index in [9.17, 15) is 4.79 Å². The van der Waals surface area contributed by atoms with E-state index in [1.165, 1.54) is 11.5 Å². The summed E-state index contributed by atoms with van der Waals surface area (Å²) in [5.41, 5.74) is 3.57. The second-order valence-corrected chi connectivity index (χ2v) is 5.05. The Hall–Kier alpha value is -1.82. The lowest BCUT2D eigenvalue weighted by molar-refractivity contribution is -0.119. The summed E-state index contributed by atoms with van der Waals surface area (Å²) < 4.78 is 4.14. The van der Waals surface area contributed by atoms with Crippen molar-refractivity contribution in [2.45, 2.75) is 19.3 Å². The monoisotopic (exact) mass is 246 g/mol. The van der Waals surface area contributed by atoms with Gasteiger partial charge in [-0.2, -0.15) is 4.37 Å². The van der Waals surface area contributed by atoms with Gasteiger partial charge in [-0.05, 0) is 37.0 Å². The average molecular weight is 246 g/mol. The Morgan fingerprint density at radius 2 is 2.18 bits per heavy atom. The van der Waals surface area contributed by atoms with Crippen LogP contribution in [0.5, 0.6) is 0 Å². The van der Waals surface area contributed by atoms with E-state index in [0.717, 1.165) is 11.3 Å². The summed E-state index contributed by atoms with van der Waals surface area (Å²) in [5.74, 6) is 0.602. The molecular weight excluding hydrogens is 236 g/mol. The molecule has 86 valence electrons. The van der Waals surface area contributed by atoms with Crippen LogP contribution in [0.1, 0.15) is 19.4 Å². The van der Waals surface area contributed by atoms with Crippen molar-refractivity contribution in [2.24, 2.45) is 0 Å². The quantitative estimate of drug-likeness (QED) is 0.833. The first kappa shape index (κ1) is 10.3. The fourth-order valence-electron chi connectivity index (χ4n) is 1.88. The van der Waals surface area contributed by atoms with Gasteiger partial charge in [0.15, 0.2) is 5.82 Å². The van der Waals surface area contributed by atoms with Crippen LogP contribution in [0.15, 0.2) is 17.8 Å². The maximum absolute atomic E-state index is 11.8. The number of fused-ring (bicyclic) bond motifs is 1. The molecule has 2 aromatic rings. The number of hydrogen-bond acceptors (Lipinski definition) is 5. The third-order valence-electron chi connectivity index (χ3n) is 2.98. The highest BCUT2D eigenvalue weighted by molar-refractivity contribution is 7.03. The number of amides is 1. The normalized spacial score (nSPS) is 16.7. The Balaban J connectivity index is 2.15. The summed E-state index contributed by atoms with van der Waals surface area (Å²) in [6.45, 7) is 3.79. The average Bonchev–Trinajstić information content (AvgIpc) is 2.88. The molecule has 0 bridgehead atoms. The highest BCUT2D eigenvalue weighted by Gasteiger charge is 2.38. The van der Waals surface area contributed by atoms with Gasteiger partial charge in [0.2, 0.25) is 5.91 Å². The van der Waals surface area contributed by atoms with Crippen molar-refractivity contribution in [1.29, 1.82) is 0 Å². The van der Waals surface area contributed by atoms with Crippen LogP contribution in [-0.2, 0) is 10.2 Å². The van der Waals surface area contributed by atoms with Crippen LogP contribution in [0.3, 0.4) is 0 Å². The van der Waals surface area contributed by atoms with Crippen molar-refractivity contribution in [2.75, 3.05) is 5.32 Å². The van der Waals surface area contributed by atoms with Crippen LogP contribution in [0, 0.1) is 0 Å². The van der Waals surface area contributed by atoms with Crippen LogP contribution in [0.4, 0.5) is 5.69 Å². The van der Waals surface area contributed by atoms with E-state index in [1.807, 2.05) is 19.9 Å². The molecule has 5 nitrogen and oxygen atoms in total. The summed E-state index contributed by atoms with van der Waals surface area (Å²) in [5, 5.41) is 2.82. The molecule has 0 spiro atoms. The summed E-state index contributed by atoms with van der Waals surface area (Å²) in [7, 11) is 0.